The third kappa shape index (κ3) is 4.25. The highest BCUT2D eigenvalue weighted by molar-refractivity contribution is 7.16. The molecule has 3 heterocycles. The first-order valence-electron chi connectivity index (χ1n) is 8.64. The second kappa shape index (κ2) is 7.61. The molecule has 0 aromatic carbocycles. The minimum atomic E-state index is -0.368. The zero-order valence-electron chi connectivity index (χ0n) is 14.7. The Labute approximate surface area is 163 Å². The van der Waals surface area contributed by atoms with Gasteiger partial charge < -0.3 is 9.73 Å². The Hall–Kier alpha value is -2.52. The van der Waals surface area contributed by atoms with E-state index in [1.807, 2.05) is 0 Å². The Bertz CT molecular complexity index is 961. The summed E-state index contributed by atoms with van der Waals surface area (Å²) in [5.74, 6) is 0.356. The molecule has 1 aliphatic carbocycles. The molecule has 0 fully saturated rings. The topological polar surface area (TPSA) is 97.1 Å². The fraction of sp³-hybridized carbons (Fsp3) is 0.333. The van der Waals surface area contributed by atoms with E-state index in [0.29, 0.717) is 21.9 Å². The first-order chi connectivity index (χ1) is 13.1. The van der Waals surface area contributed by atoms with Crippen LogP contribution in [0, 0.1) is 5.92 Å². The van der Waals surface area contributed by atoms with E-state index in [-0.39, 0.29) is 24.0 Å². The van der Waals surface area contributed by atoms with Crippen molar-refractivity contribution in [3.63, 3.8) is 0 Å². The van der Waals surface area contributed by atoms with E-state index in [1.165, 1.54) is 22.5 Å². The summed E-state index contributed by atoms with van der Waals surface area (Å²) in [6, 6.07) is 3.22. The van der Waals surface area contributed by atoms with E-state index in [0.717, 1.165) is 25.0 Å². The summed E-state index contributed by atoms with van der Waals surface area (Å²) in [5.41, 5.74) is 1.71. The Morgan fingerprint density at radius 2 is 2.19 bits per heavy atom. The minimum absolute atomic E-state index is 0.133. The van der Waals surface area contributed by atoms with Crippen molar-refractivity contribution in [1.82, 2.24) is 9.97 Å². The molecular formula is C18H18N4O3S2. The summed E-state index contributed by atoms with van der Waals surface area (Å²) in [7, 11) is 0. The van der Waals surface area contributed by atoms with E-state index in [4.69, 9.17) is 4.42 Å². The smallest absolute Gasteiger partial charge is 0.293 e. The number of furan rings is 1. The van der Waals surface area contributed by atoms with Crippen molar-refractivity contribution in [3.05, 3.63) is 45.8 Å². The lowest BCUT2D eigenvalue weighted by Crippen LogP contribution is -2.15. The number of thiazole rings is 2. The third-order valence-corrected chi connectivity index (χ3v) is 6.13. The van der Waals surface area contributed by atoms with E-state index < -0.39 is 0 Å². The van der Waals surface area contributed by atoms with Crippen molar-refractivity contribution in [3.8, 4) is 0 Å². The first kappa shape index (κ1) is 17.9. The SMILES string of the molecule is CC1CCc2nc(NC(=O)Cc3csc(NC(=O)c4ccco4)n3)sc2C1. The highest BCUT2D eigenvalue weighted by Crippen LogP contribution is 2.32. The number of hydrogen-bond acceptors (Lipinski definition) is 7. The van der Waals surface area contributed by atoms with Crippen molar-refractivity contribution in [2.45, 2.75) is 32.6 Å². The number of anilines is 2. The summed E-state index contributed by atoms with van der Waals surface area (Å²) in [4.78, 5) is 34.3. The quantitative estimate of drug-likeness (QED) is 0.677. The van der Waals surface area contributed by atoms with Crippen LogP contribution < -0.4 is 10.6 Å². The lowest BCUT2D eigenvalue weighted by atomic mass is 9.93. The van der Waals surface area contributed by atoms with E-state index >= 15 is 0 Å². The van der Waals surface area contributed by atoms with Crippen LogP contribution >= 0.6 is 22.7 Å². The number of nitrogens with zero attached hydrogens (tertiary/aromatic N) is 2. The number of amides is 2. The summed E-state index contributed by atoms with van der Waals surface area (Å²) in [6.07, 6.45) is 4.73. The third-order valence-electron chi connectivity index (χ3n) is 4.29. The molecule has 0 saturated carbocycles. The summed E-state index contributed by atoms with van der Waals surface area (Å²) in [6.45, 7) is 2.24. The van der Waals surface area contributed by atoms with Gasteiger partial charge in [-0.2, -0.15) is 0 Å². The van der Waals surface area contributed by atoms with E-state index in [2.05, 4.69) is 27.5 Å². The fourth-order valence-electron chi connectivity index (χ4n) is 2.93. The number of carbonyl (C=O) groups excluding carboxylic acids is 2. The lowest BCUT2D eigenvalue weighted by Gasteiger charge is -2.15. The number of aromatic nitrogens is 2. The van der Waals surface area contributed by atoms with E-state index in [1.54, 1.807) is 28.8 Å². The molecule has 0 saturated heterocycles. The molecule has 0 radical (unpaired) electrons. The molecule has 3 aromatic rings. The maximum absolute atomic E-state index is 12.3. The average Bonchev–Trinajstić information content (AvgIpc) is 3.35. The molecule has 0 bridgehead atoms. The van der Waals surface area contributed by atoms with Crippen LogP contribution in [0.15, 0.2) is 28.2 Å². The zero-order valence-corrected chi connectivity index (χ0v) is 16.3. The molecule has 3 aromatic heterocycles. The molecule has 1 unspecified atom stereocenters. The predicted octanol–water partition coefficient (Wildman–Crippen LogP) is 3.75. The molecule has 140 valence electrons. The number of fused-ring (bicyclic) bond motifs is 1. The van der Waals surface area contributed by atoms with Crippen molar-refractivity contribution in [2.24, 2.45) is 5.92 Å². The number of carbonyl (C=O) groups is 2. The van der Waals surface area contributed by atoms with Crippen LogP contribution in [-0.4, -0.2) is 21.8 Å². The molecule has 9 heteroatoms. The Balaban J connectivity index is 1.34. The minimum Gasteiger partial charge on any atom is -0.459 e. The van der Waals surface area contributed by atoms with Crippen LogP contribution in [-0.2, 0) is 24.1 Å². The van der Waals surface area contributed by atoms with Crippen LogP contribution in [0.5, 0.6) is 0 Å². The predicted molar refractivity (Wildman–Crippen MR) is 104 cm³/mol. The zero-order chi connectivity index (χ0) is 18.8. The number of rotatable bonds is 5. The molecule has 1 atom stereocenters. The van der Waals surface area contributed by atoms with Gasteiger partial charge in [0.05, 0.1) is 24.1 Å². The monoisotopic (exact) mass is 402 g/mol. The van der Waals surface area contributed by atoms with Gasteiger partial charge >= 0.3 is 0 Å². The maximum Gasteiger partial charge on any atom is 0.293 e. The molecule has 1 aliphatic rings. The highest BCUT2D eigenvalue weighted by atomic mass is 32.1. The molecule has 7 nitrogen and oxygen atoms in total. The van der Waals surface area contributed by atoms with Crippen LogP contribution in [0.25, 0.3) is 0 Å². The first-order valence-corrected chi connectivity index (χ1v) is 10.3. The van der Waals surface area contributed by atoms with Gasteiger partial charge in [-0.3, -0.25) is 14.9 Å². The van der Waals surface area contributed by atoms with Crippen molar-refractivity contribution < 1.29 is 14.0 Å². The summed E-state index contributed by atoms with van der Waals surface area (Å²) >= 11 is 2.83. The average molecular weight is 403 g/mol. The molecule has 0 spiro atoms. The fourth-order valence-corrected chi connectivity index (χ4v) is 4.83. The standard InChI is InChI=1S/C18H18N4O3S2/c1-10-4-5-12-14(7-10)27-18(20-12)21-15(23)8-11-9-26-17(19-11)22-16(24)13-3-2-6-25-13/h2-3,6,9-10H,4-5,7-8H2,1H3,(H,19,22,24)(H,20,21,23). The second-order valence-corrected chi connectivity index (χ2v) is 8.48. The van der Waals surface area contributed by atoms with Crippen LogP contribution in [0.4, 0.5) is 10.3 Å². The van der Waals surface area contributed by atoms with Gasteiger partial charge in [0.1, 0.15) is 0 Å². The van der Waals surface area contributed by atoms with E-state index in [9.17, 15) is 9.59 Å². The van der Waals surface area contributed by atoms with Crippen molar-refractivity contribution >= 4 is 44.8 Å². The maximum atomic E-state index is 12.3. The lowest BCUT2D eigenvalue weighted by molar-refractivity contribution is -0.115. The van der Waals surface area contributed by atoms with Crippen molar-refractivity contribution in [2.75, 3.05) is 10.6 Å². The number of aryl methyl sites for hydroxylation is 1. The van der Waals surface area contributed by atoms with Gasteiger partial charge in [0.15, 0.2) is 16.0 Å². The van der Waals surface area contributed by atoms with Gasteiger partial charge in [0, 0.05) is 10.3 Å². The molecule has 4 rings (SSSR count). The summed E-state index contributed by atoms with van der Waals surface area (Å²) in [5, 5.41) is 8.36. The van der Waals surface area contributed by atoms with Gasteiger partial charge in [-0.15, -0.1) is 22.7 Å². The Morgan fingerprint density at radius 3 is 3.00 bits per heavy atom. The van der Waals surface area contributed by atoms with Crippen molar-refractivity contribution in [1.29, 1.82) is 0 Å². The molecule has 27 heavy (non-hydrogen) atoms. The van der Waals surface area contributed by atoms with Crippen LogP contribution in [0.3, 0.4) is 0 Å². The summed E-state index contributed by atoms with van der Waals surface area (Å²) < 4.78 is 5.04. The van der Waals surface area contributed by atoms with Gasteiger partial charge in [-0.05, 0) is 37.3 Å². The Morgan fingerprint density at radius 1 is 1.30 bits per heavy atom. The molecule has 0 aliphatic heterocycles. The van der Waals surface area contributed by atoms with Crippen LogP contribution in [0.2, 0.25) is 0 Å². The van der Waals surface area contributed by atoms with Gasteiger partial charge in [0.2, 0.25) is 5.91 Å². The van der Waals surface area contributed by atoms with Gasteiger partial charge in [-0.1, -0.05) is 6.92 Å². The molecular weight excluding hydrogens is 384 g/mol. The number of nitrogens with one attached hydrogen (secondary N) is 2. The Kier molecular flexibility index (Phi) is 5.04. The largest absolute Gasteiger partial charge is 0.459 e. The molecule has 2 N–H and O–H groups in total. The van der Waals surface area contributed by atoms with Crippen LogP contribution in [0.1, 0.15) is 40.2 Å². The second-order valence-electron chi connectivity index (χ2n) is 6.54. The number of hydrogen-bond donors (Lipinski definition) is 2. The molecule has 2 amide bonds. The van der Waals surface area contributed by atoms with Gasteiger partial charge in [-0.25, -0.2) is 9.97 Å². The highest BCUT2D eigenvalue weighted by Gasteiger charge is 2.20. The van der Waals surface area contributed by atoms with Gasteiger partial charge in [0.25, 0.3) is 5.91 Å². The normalized spacial score (nSPS) is 16.0.